The summed E-state index contributed by atoms with van der Waals surface area (Å²) in [6.45, 7) is 7.90. The Morgan fingerprint density at radius 1 is 1.35 bits per heavy atom. The number of benzene rings is 1. The fraction of sp³-hybridized carbons (Fsp3) is 0.412. The molecule has 20 heavy (non-hydrogen) atoms. The van der Waals surface area contributed by atoms with E-state index >= 15 is 0 Å². The van der Waals surface area contributed by atoms with Crippen molar-refractivity contribution in [2.45, 2.75) is 40.7 Å². The molecule has 0 N–H and O–H groups in total. The Kier molecular flexibility index (Phi) is 5.68. The van der Waals surface area contributed by atoms with E-state index in [1.54, 1.807) is 6.08 Å². The van der Waals surface area contributed by atoms with Crippen LogP contribution in [0.4, 0.5) is 0 Å². The van der Waals surface area contributed by atoms with Crippen molar-refractivity contribution in [1.82, 2.24) is 0 Å². The second kappa shape index (κ2) is 7.04. The zero-order valence-corrected chi connectivity index (χ0v) is 12.6. The molecule has 0 aliphatic rings. The maximum atomic E-state index is 12.0. The van der Waals surface area contributed by atoms with Gasteiger partial charge in [-0.2, -0.15) is 0 Å². The number of aldehydes is 1. The third-order valence-electron chi connectivity index (χ3n) is 3.55. The summed E-state index contributed by atoms with van der Waals surface area (Å²) in [7, 11) is 0. The van der Waals surface area contributed by atoms with Gasteiger partial charge in [0.2, 0.25) is 0 Å². The summed E-state index contributed by atoms with van der Waals surface area (Å²) < 4.78 is 5.40. The van der Waals surface area contributed by atoms with Gasteiger partial charge in [-0.3, -0.25) is 9.59 Å². The smallest absolute Gasteiger partial charge is 0.311 e. The highest BCUT2D eigenvalue weighted by molar-refractivity contribution is 5.77. The normalized spacial score (nSPS) is 11.6. The Morgan fingerprint density at radius 3 is 2.65 bits per heavy atom. The summed E-state index contributed by atoms with van der Waals surface area (Å²) in [6, 6.07) is 5.79. The van der Waals surface area contributed by atoms with Crippen molar-refractivity contribution in [3.05, 3.63) is 41.0 Å². The lowest BCUT2D eigenvalue weighted by Gasteiger charge is -2.20. The highest BCUT2D eigenvalue weighted by atomic mass is 16.5. The molecule has 3 heteroatoms. The predicted octanol–water partition coefficient (Wildman–Crippen LogP) is 3.69. The lowest BCUT2D eigenvalue weighted by Crippen LogP contribution is -2.25. The summed E-state index contributed by atoms with van der Waals surface area (Å²) in [5.74, 6) is -0.202. The summed E-state index contributed by atoms with van der Waals surface area (Å²) in [5.41, 5.74) is 2.42. The first-order valence-corrected chi connectivity index (χ1v) is 6.80. The molecule has 1 aromatic carbocycles. The van der Waals surface area contributed by atoms with Gasteiger partial charge in [0.25, 0.3) is 0 Å². The number of carbonyl (C=O) groups excluding carboxylic acids is 2. The Hall–Kier alpha value is -1.90. The fourth-order valence-electron chi connectivity index (χ4n) is 1.72. The van der Waals surface area contributed by atoms with E-state index in [-0.39, 0.29) is 12.6 Å². The second-order valence-corrected chi connectivity index (χ2v) is 5.46. The molecule has 0 unspecified atom stereocenters. The number of hydrogen-bond donors (Lipinski definition) is 0. The van der Waals surface area contributed by atoms with Crippen LogP contribution in [0.2, 0.25) is 0 Å². The molecule has 0 atom stereocenters. The Bertz CT molecular complexity index is 513. The van der Waals surface area contributed by atoms with Crippen LogP contribution in [0.1, 0.15) is 43.9 Å². The summed E-state index contributed by atoms with van der Waals surface area (Å²) in [6.07, 6.45) is 4.67. The van der Waals surface area contributed by atoms with Crippen LogP contribution in [0, 0.1) is 12.3 Å². The SMILES string of the molecule is CCC(C)(C)C(=O)OCc1cccc(C)c1/C=C\C=O. The first kappa shape index (κ1) is 16.2. The fourth-order valence-corrected chi connectivity index (χ4v) is 1.72. The van der Waals surface area contributed by atoms with Crippen LogP contribution in [-0.4, -0.2) is 12.3 Å². The summed E-state index contributed by atoms with van der Waals surface area (Å²) in [4.78, 5) is 22.4. The number of carbonyl (C=O) groups is 2. The number of hydrogen-bond acceptors (Lipinski definition) is 3. The van der Waals surface area contributed by atoms with Crippen LogP contribution < -0.4 is 0 Å². The molecule has 0 saturated heterocycles. The minimum absolute atomic E-state index is 0.202. The van der Waals surface area contributed by atoms with Gasteiger partial charge in [0.05, 0.1) is 5.41 Å². The van der Waals surface area contributed by atoms with Crippen LogP contribution >= 0.6 is 0 Å². The Balaban J connectivity index is 2.88. The highest BCUT2D eigenvalue weighted by Crippen LogP contribution is 2.23. The minimum Gasteiger partial charge on any atom is -0.460 e. The molecule has 0 spiro atoms. The number of aryl methyl sites for hydroxylation is 1. The highest BCUT2D eigenvalue weighted by Gasteiger charge is 2.27. The monoisotopic (exact) mass is 274 g/mol. The maximum Gasteiger partial charge on any atom is 0.311 e. The van der Waals surface area contributed by atoms with Crippen LogP contribution in [0.5, 0.6) is 0 Å². The molecule has 0 amide bonds. The summed E-state index contributed by atoms with van der Waals surface area (Å²) in [5, 5.41) is 0. The van der Waals surface area contributed by atoms with Crippen LogP contribution in [0.25, 0.3) is 6.08 Å². The first-order valence-electron chi connectivity index (χ1n) is 6.80. The third-order valence-corrected chi connectivity index (χ3v) is 3.55. The van der Waals surface area contributed by atoms with Gasteiger partial charge in [0, 0.05) is 0 Å². The first-order chi connectivity index (χ1) is 9.42. The molecule has 3 nitrogen and oxygen atoms in total. The second-order valence-electron chi connectivity index (χ2n) is 5.46. The Labute approximate surface area is 120 Å². The van der Waals surface area contributed by atoms with Gasteiger partial charge in [-0.1, -0.05) is 31.2 Å². The van der Waals surface area contributed by atoms with Gasteiger partial charge in [-0.05, 0) is 50.0 Å². The standard InChI is InChI=1S/C17H22O3/c1-5-17(3,4)16(19)20-12-14-9-6-8-13(2)15(14)10-7-11-18/h6-11H,5,12H2,1-4H3/b10-7-. The Morgan fingerprint density at radius 2 is 2.05 bits per heavy atom. The average molecular weight is 274 g/mol. The van der Waals surface area contributed by atoms with E-state index in [9.17, 15) is 9.59 Å². The van der Waals surface area contributed by atoms with Gasteiger partial charge < -0.3 is 4.74 Å². The molecule has 0 aliphatic heterocycles. The molecule has 108 valence electrons. The molecule has 0 aromatic heterocycles. The van der Waals surface area contributed by atoms with Gasteiger partial charge in [0.15, 0.2) is 0 Å². The van der Waals surface area contributed by atoms with E-state index in [0.717, 1.165) is 29.4 Å². The molecule has 0 bridgehead atoms. The van der Waals surface area contributed by atoms with Crippen LogP contribution in [0.3, 0.4) is 0 Å². The van der Waals surface area contributed by atoms with E-state index in [4.69, 9.17) is 4.74 Å². The lowest BCUT2D eigenvalue weighted by molar-refractivity contribution is -0.155. The van der Waals surface area contributed by atoms with E-state index in [1.807, 2.05) is 45.9 Å². The van der Waals surface area contributed by atoms with Crippen LogP contribution in [-0.2, 0) is 20.9 Å². The lowest BCUT2D eigenvalue weighted by atomic mass is 9.91. The van der Waals surface area contributed by atoms with Crippen molar-refractivity contribution in [2.24, 2.45) is 5.41 Å². The average Bonchev–Trinajstić information content (AvgIpc) is 2.43. The van der Waals surface area contributed by atoms with E-state index in [1.165, 1.54) is 6.08 Å². The van der Waals surface area contributed by atoms with Crippen molar-refractivity contribution < 1.29 is 14.3 Å². The topological polar surface area (TPSA) is 43.4 Å². The van der Waals surface area contributed by atoms with E-state index in [0.29, 0.717) is 0 Å². The van der Waals surface area contributed by atoms with Crippen molar-refractivity contribution >= 4 is 18.3 Å². The molecule has 0 radical (unpaired) electrons. The van der Waals surface area contributed by atoms with Gasteiger partial charge >= 0.3 is 5.97 Å². The van der Waals surface area contributed by atoms with E-state index in [2.05, 4.69) is 0 Å². The molecule has 0 heterocycles. The third kappa shape index (κ3) is 4.05. The van der Waals surface area contributed by atoms with Gasteiger partial charge in [-0.25, -0.2) is 0 Å². The number of allylic oxidation sites excluding steroid dienone is 1. The molecule has 0 saturated carbocycles. The molecule has 1 aromatic rings. The number of ether oxygens (including phenoxy) is 1. The van der Waals surface area contributed by atoms with Crippen LogP contribution in [0.15, 0.2) is 24.3 Å². The maximum absolute atomic E-state index is 12.0. The minimum atomic E-state index is -0.470. The molecule has 0 fully saturated rings. The van der Waals surface area contributed by atoms with Crippen molar-refractivity contribution in [1.29, 1.82) is 0 Å². The van der Waals surface area contributed by atoms with Crippen molar-refractivity contribution in [3.8, 4) is 0 Å². The van der Waals surface area contributed by atoms with Crippen molar-refractivity contribution in [2.75, 3.05) is 0 Å². The number of rotatable bonds is 6. The summed E-state index contributed by atoms with van der Waals surface area (Å²) >= 11 is 0. The van der Waals surface area contributed by atoms with Gasteiger partial charge in [-0.15, -0.1) is 0 Å². The number of esters is 1. The van der Waals surface area contributed by atoms with E-state index < -0.39 is 5.41 Å². The predicted molar refractivity (Wildman–Crippen MR) is 80.1 cm³/mol. The zero-order chi connectivity index (χ0) is 15.2. The quantitative estimate of drug-likeness (QED) is 0.451. The van der Waals surface area contributed by atoms with Gasteiger partial charge in [0.1, 0.15) is 12.9 Å². The van der Waals surface area contributed by atoms with Crippen molar-refractivity contribution in [3.63, 3.8) is 0 Å². The molecular weight excluding hydrogens is 252 g/mol. The molecule has 1 rings (SSSR count). The zero-order valence-electron chi connectivity index (χ0n) is 12.6. The largest absolute Gasteiger partial charge is 0.460 e. The molecular formula is C17H22O3. The molecule has 0 aliphatic carbocycles.